The van der Waals surface area contributed by atoms with Crippen LogP contribution in [0.25, 0.3) is 16.7 Å². The summed E-state index contributed by atoms with van der Waals surface area (Å²) in [6.07, 6.45) is 3.06. The maximum atomic E-state index is 13.2. The predicted molar refractivity (Wildman–Crippen MR) is 52.7 cm³/mol. The molecular formula is C9H6FN5. The third kappa shape index (κ3) is 1.04. The van der Waals surface area contributed by atoms with E-state index in [2.05, 4.69) is 15.2 Å². The highest BCUT2D eigenvalue weighted by molar-refractivity contribution is 5.83. The van der Waals surface area contributed by atoms with Gasteiger partial charge in [-0.05, 0) is 12.1 Å². The molecule has 0 fully saturated rings. The molecule has 0 bridgehead atoms. The Morgan fingerprint density at radius 2 is 2.20 bits per heavy atom. The van der Waals surface area contributed by atoms with Crippen LogP contribution >= 0.6 is 0 Å². The average molecular weight is 203 g/mol. The Labute approximate surface area is 83.4 Å². The molecule has 0 saturated carbocycles. The number of hydrogen-bond acceptors (Lipinski definition) is 4. The van der Waals surface area contributed by atoms with Crippen LogP contribution in [0.1, 0.15) is 0 Å². The highest BCUT2D eigenvalue weighted by Crippen LogP contribution is 2.20. The van der Waals surface area contributed by atoms with Crippen LogP contribution in [0, 0.1) is 5.82 Å². The van der Waals surface area contributed by atoms with E-state index in [0.717, 1.165) is 5.52 Å². The number of nitrogens with zero attached hydrogens (tertiary/aromatic N) is 4. The number of aromatic nitrogens is 4. The molecular weight excluding hydrogens is 197 g/mol. The molecule has 0 saturated heterocycles. The molecule has 0 spiro atoms. The van der Waals surface area contributed by atoms with Crippen molar-refractivity contribution in [3.8, 4) is 0 Å². The molecule has 6 heteroatoms. The van der Waals surface area contributed by atoms with E-state index in [-0.39, 0.29) is 5.69 Å². The molecule has 0 aliphatic carbocycles. The van der Waals surface area contributed by atoms with Gasteiger partial charge in [0.2, 0.25) is 0 Å². The van der Waals surface area contributed by atoms with Gasteiger partial charge in [-0.25, -0.2) is 9.37 Å². The molecule has 0 aliphatic heterocycles. The van der Waals surface area contributed by atoms with Crippen molar-refractivity contribution in [1.29, 1.82) is 0 Å². The number of nitrogen functional groups attached to an aromatic ring is 1. The maximum Gasteiger partial charge on any atom is 0.255 e. The fraction of sp³-hybridized carbons (Fsp3) is 0. The molecule has 74 valence electrons. The quantitative estimate of drug-likeness (QED) is 0.553. The normalized spacial score (nSPS) is 11.3. The SMILES string of the molecule is Nc1cc2c(cnc3nncn32)cc1F. The van der Waals surface area contributed by atoms with Crippen molar-refractivity contribution in [3.63, 3.8) is 0 Å². The topological polar surface area (TPSA) is 69.1 Å². The highest BCUT2D eigenvalue weighted by atomic mass is 19.1. The second-order valence-corrected chi connectivity index (χ2v) is 3.19. The summed E-state index contributed by atoms with van der Waals surface area (Å²) in [5.41, 5.74) is 6.34. The lowest BCUT2D eigenvalue weighted by molar-refractivity contribution is 0.634. The minimum Gasteiger partial charge on any atom is -0.396 e. The molecule has 0 atom stereocenters. The van der Waals surface area contributed by atoms with E-state index in [4.69, 9.17) is 5.73 Å². The summed E-state index contributed by atoms with van der Waals surface area (Å²) in [5, 5.41) is 8.17. The Morgan fingerprint density at radius 1 is 1.33 bits per heavy atom. The Hall–Kier alpha value is -2.24. The zero-order valence-corrected chi connectivity index (χ0v) is 7.55. The lowest BCUT2D eigenvalue weighted by Gasteiger charge is -2.02. The molecule has 3 rings (SSSR count). The molecule has 0 aliphatic rings. The largest absolute Gasteiger partial charge is 0.396 e. The Kier molecular flexibility index (Phi) is 1.42. The molecule has 1 aromatic carbocycles. The number of hydrogen-bond donors (Lipinski definition) is 1. The van der Waals surface area contributed by atoms with Gasteiger partial charge in [0.25, 0.3) is 5.78 Å². The van der Waals surface area contributed by atoms with Gasteiger partial charge in [0.15, 0.2) is 0 Å². The summed E-state index contributed by atoms with van der Waals surface area (Å²) < 4.78 is 14.8. The van der Waals surface area contributed by atoms with Gasteiger partial charge in [0, 0.05) is 11.6 Å². The van der Waals surface area contributed by atoms with Gasteiger partial charge in [0.05, 0.1) is 11.2 Å². The van der Waals surface area contributed by atoms with Gasteiger partial charge in [-0.1, -0.05) is 0 Å². The van der Waals surface area contributed by atoms with Gasteiger partial charge in [-0.15, -0.1) is 10.2 Å². The van der Waals surface area contributed by atoms with Crippen LogP contribution in [0.4, 0.5) is 10.1 Å². The second-order valence-electron chi connectivity index (χ2n) is 3.19. The van der Waals surface area contributed by atoms with Gasteiger partial charge < -0.3 is 5.73 Å². The van der Waals surface area contributed by atoms with Crippen LogP contribution in [0.2, 0.25) is 0 Å². The minimum absolute atomic E-state index is 0.101. The van der Waals surface area contributed by atoms with E-state index < -0.39 is 5.82 Å². The van der Waals surface area contributed by atoms with Crippen molar-refractivity contribution in [2.24, 2.45) is 0 Å². The molecule has 2 N–H and O–H groups in total. The molecule has 3 aromatic rings. The number of rotatable bonds is 0. The molecule has 5 nitrogen and oxygen atoms in total. The maximum absolute atomic E-state index is 13.2. The summed E-state index contributed by atoms with van der Waals surface area (Å²) in [6, 6.07) is 2.89. The van der Waals surface area contributed by atoms with Gasteiger partial charge in [0.1, 0.15) is 12.1 Å². The van der Waals surface area contributed by atoms with Crippen LogP contribution in [-0.4, -0.2) is 19.6 Å². The second kappa shape index (κ2) is 2.63. The average Bonchev–Trinajstić information content (AvgIpc) is 2.68. The summed E-state index contributed by atoms with van der Waals surface area (Å²) in [5.74, 6) is 0.0187. The third-order valence-electron chi connectivity index (χ3n) is 2.25. The Morgan fingerprint density at radius 3 is 3.07 bits per heavy atom. The number of halogens is 1. The zero-order valence-electron chi connectivity index (χ0n) is 7.55. The smallest absolute Gasteiger partial charge is 0.255 e. The van der Waals surface area contributed by atoms with E-state index >= 15 is 0 Å². The van der Waals surface area contributed by atoms with Crippen LogP contribution in [0.5, 0.6) is 0 Å². The first-order valence-electron chi connectivity index (χ1n) is 4.29. The zero-order chi connectivity index (χ0) is 10.4. The predicted octanol–water partition coefficient (Wildman–Crippen LogP) is 0.999. The standard InChI is InChI=1S/C9H6FN5/c10-6-1-5-3-12-9-14-13-4-15(9)8(5)2-7(6)11/h1-4H,11H2. The van der Waals surface area contributed by atoms with Crippen molar-refractivity contribution in [1.82, 2.24) is 19.6 Å². The van der Waals surface area contributed by atoms with Crippen LogP contribution in [0.15, 0.2) is 24.7 Å². The lowest BCUT2D eigenvalue weighted by atomic mass is 10.2. The number of fused-ring (bicyclic) bond motifs is 3. The minimum atomic E-state index is -0.447. The van der Waals surface area contributed by atoms with E-state index in [1.165, 1.54) is 12.4 Å². The van der Waals surface area contributed by atoms with Crippen molar-refractivity contribution in [2.75, 3.05) is 5.73 Å². The molecule has 2 heterocycles. The summed E-state index contributed by atoms with van der Waals surface area (Å²) in [7, 11) is 0. The summed E-state index contributed by atoms with van der Waals surface area (Å²) >= 11 is 0. The summed E-state index contributed by atoms with van der Waals surface area (Å²) in [6.45, 7) is 0. The van der Waals surface area contributed by atoms with E-state index in [9.17, 15) is 4.39 Å². The molecule has 2 aromatic heterocycles. The van der Waals surface area contributed by atoms with Crippen molar-refractivity contribution in [3.05, 3.63) is 30.5 Å². The van der Waals surface area contributed by atoms with Crippen molar-refractivity contribution in [2.45, 2.75) is 0 Å². The van der Waals surface area contributed by atoms with E-state index in [1.807, 2.05) is 0 Å². The highest BCUT2D eigenvalue weighted by Gasteiger charge is 2.06. The fourth-order valence-electron chi connectivity index (χ4n) is 1.52. The van der Waals surface area contributed by atoms with Crippen LogP contribution in [0.3, 0.4) is 0 Å². The first-order chi connectivity index (χ1) is 7.25. The number of anilines is 1. The third-order valence-corrected chi connectivity index (χ3v) is 2.25. The van der Waals surface area contributed by atoms with Gasteiger partial charge in [-0.3, -0.25) is 4.40 Å². The lowest BCUT2D eigenvalue weighted by Crippen LogP contribution is -1.95. The van der Waals surface area contributed by atoms with Crippen molar-refractivity contribution < 1.29 is 4.39 Å². The molecule has 0 radical (unpaired) electrons. The molecule has 0 amide bonds. The number of benzene rings is 1. The van der Waals surface area contributed by atoms with Gasteiger partial charge >= 0.3 is 0 Å². The van der Waals surface area contributed by atoms with Crippen LogP contribution in [-0.2, 0) is 0 Å². The Balaban J connectivity index is 2.57. The van der Waals surface area contributed by atoms with Crippen molar-refractivity contribution >= 4 is 22.4 Å². The first-order valence-corrected chi connectivity index (χ1v) is 4.29. The fourth-order valence-corrected chi connectivity index (χ4v) is 1.52. The van der Waals surface area contributed by atoms with E-state index in [0.29, 0.717) is 11.2 Å². The van der Waals surface area contributed by atoms with Gasteiger partial charge in [-0.2, -0.15) is 0 Å². The summed E-state index contributed by atoms with van der Waals surface area (Å²) in [4.78, 5) is 4.02. The molecule has 0 unspecified atom stereocenters. The molecule has 15 heavy (non-hydrogen) atoms. The monoisotopic (exact) mass is 203 g/mol. The first kappa shape index (κ1) is 8.10. The number of nitrogens with two attached hydrogens (primary N) is 1. The van der Waals surface area contributed by atoms with E-state index in [1.54, 1.807) is 16.7 Å². The van der Waals surface area contributed by atoms with Crippen LogP contribution < -0.4 is 5.73 Å². The Bertz CT molecular complexity index is 660.